The van der Waals surface area contributed by atoms with Crippen LogP contribution >= 0.6 is 0 Å². The molecule has 0 unspecified atom stereocenters. The van der Waals surface area contributed by atoms with E-state index >= 15 is 0 Å². The molecule has 1 aliphatic rings. The summed E-state index contributed by atoms with van der Waals surface area (Å²) in [5.41, 5.74) is -0.308. The predicted molar refractivity (Wildman–Crippen MR) is 72.6 cm³/mol. The van der Waals surface area contributed by atoms with Gasteiger partial charge in [-0.2, -0.15) is 0 Å². The molecule has 0 aromatic heterocycles. The molecular weight excluding hydrogens is 244 g/mol. The minimum atomic E-state index is -0.308. The summed E-state index contributed by atoms with van der Waals surface area (Å²) in [5, 5.41) is 0. The van der Waals surface area contributed by atoms with Gasteiger partial charge in [-0.05, 0) is 44.4 Å². The van der Waals surface area contributed by atoms with Crippen LogP contribution in [-0.4, -0.2) is 26.2 Å². The Bertz CT molecular complexity index is 303. The number of ether oxygens (including phenoxy) is 2. The van der Waals surface area contributed by atoms with Gasteiger partial charge in [0.05, 0.1) is 19.6 Å². The molecule has 0 radical (unpaired) electrons. The molecule has 0 spiro atoms. The number of carbonyl (C=O) groups excluding carboxylic acids is 2. The maximum absolute atomic E-state index is 12.1. The van der Waals surface area contributed by atoms with Crippen LogP contribution in [0.4, 0.5) is 0 Å². The number of hydrogen-bond acceptors (Lipinski definition) is 4. The largest absolute Gasteiger partial charge is 0.469 e. The van der Waals surface area contributed by atoms with E-state index in [0.29, 0.717) is 12.3 Å². The minimum Gasteiger partial charge on any atom is -0.469 e. The molecule has 19 heavy (non-hydrogen) atoms. The van der Waals surface area contributed by atoms with Gasteiger partial charge in [0.2, 0.25) is 0 Å². The van der Waals surface area contributed by atoms with Crippen molar-refractivity contribution in [2.24, 2.45) is 11.3 Å². The lowest BCUT2D eigenvalue weighted by Crippen LogP contribution is -2.36. The Morgan fingerprint density at radius 2 is 1.74 bits per heavy atom. The second kappa shape index (κ2) is 7.51. The minimum absolute atomic E-state index is 0.0718. The van der Waals surface area contributed by atoms with Crippen molar-refractivity contribution in [3.63, 3.8) is 0 Å². The summed E-state index contributed by atoms with van der Waals surface area (Å²) in [6, 6.07) is 0. The fraction of sp³-hybridized carbons (Fsp3) is 0.867. The molecule has 110 valence electrons. The van der Waals surface area contributed by atoms with Crippen LogP contribution in [0.25, 0.3) is 0 Å². The van der Waals surface area contributed by atoms with E-state index in [1.54, 1.807) is 0 Å². The monoisotopic (exact) mass is 270 g/mol. The van der Waals surface area contributed by atoms with E-state index < -0.39 is 0 Å². The van der Waals surface area contributed by atoms with Gasteiger partial charge in [-0.25, -0.2) is 0 Å². The Balaban J connectivity index is 2.47. The Kier molecular flexibility index (Phi) is 6.32. The van der Waals surface area contributed by atoms with Crippen molar-refractivity contribution < 1.29 is 19.1 Å². The molecule has 1 saturated carbocycles. The average Bonchev–Trinajstić information content (AvgIpc) is 2.44. The van der Waals surface area contributed by atoms with E-state index in [1.807, 2.05) is 0 Å². The average molecular weight is 270 g/mol. The summed E-state index contributed by atoms with van der Waals surface area (Å²) in [7, 11) is 2.87. The van der Waals surface area contributed by atoms with Crippen LogP contribution in [0.2, 0.25) is 0 Å². The van der Waals surface area contributed by atoms with Gasteiger partial charge in [0.1, 0.15) is 0 Å². The van der Waals surface area contributed by atoms with E-state index in [0.717, 1.165) is 44.9 Å². The molecule has 0 amide bonds. The molecule has 0 aromatic rings. The number of hydrogen-bond donors (Lipinski definition) is 0. The van der Waals surface area contributed by atoms with E-state index in [4.69, 9.17) is 4.74 Å². The summed E-state index contributed by atoms with van der Waals surface area (Å²) in [6.45, 7) is 2.23. The smallest absolute Gasteiger partial charge is 0.311 e. The summed E-state index contributed by atoms with van der Waals surface area (Å²) >= 11 is 0. The first-order valence-corrected chi connectivity index (χ1v) is 7.19. The summed E-state index contributed by atoms with van der Waals surface area (Å²) in [4.78, 5) is 23.1. The molecule has 4 nitrogen and oxygen atoms in total. The number of esters is 2. The Morgan fingerprint density at radius 3 is 2.26 bits per heavy atom. The highest BCUT2D eigenvalue weighted by Crippen LogP contribution is 2.43. The van der Waals surface area contributed by atoms with Gasteiger partial charge >= 0.3 is 11.9 Å². The number of methoxy groups -OCH3 is 2. The van der Waals surface area contributed by atoms with Crippen molar-refractivity contribution in [3.05, 3.63) is 0 Å². The second-order valence-corrected chi connectivity index (χ2v) is 5.74. The maximum Gasteiger partial charge on any atom is 0.311 e. The zero-order chi connectivity index (χ0) is 14.3. The van der Waals surface area contributed by atoms with Crippen LogP contribution in [0.5, 0.6) is 0 Å². The second-order valence-electron chi connectivity index (χ2n) is 5.74. The molecule has 0 heterocycles. The Hall–Kier alpha value is -1.06. The van der Waals surface area contributed by atoms with Crippen LogP contribution in [0.3, 0.4) is 0 Å². The Morgan fingerprint density at radius 1 is 1.11 bits per heavy atom. The molecule has 1 fully saturated rings. The maximum atomic E-state index is 12.1. The van der Waals surface area contributed by atoms with E-state index in [2.05, 4.69) is 11.7 Å². The van der Waals surface area contributed by atoms with E-state index in [-0.39, 0.29) is 17.4 Å². The Labute approximate surface area is 115 Å². The van der Waals surface area contributed by atoms with Gasteiger partial charge in [0, 0.05) is 6.42 Å². The van der Waals surface area contributed by atoms with Gasteiger partial charge in [-0.1, -0.05) is 13.3 Å². The van der Waals surface area contributed by atoms with Crippen molar-refractivity contribution in [1.82, 2.24) is 0 Å². The standard InChI is InChI=1S/C15H26O4/c1-12-7-10-15(11-8-12,14(17)19-3)9-5-4-6-13(16)18-2/h12H,4-11H2,1-3H3/t12-,15+. The first-order chi connectivity index (χ1) is 9.04. The van der Waals surface area contributed by atoms with Crippen LogP contribution in [-0.2, 0) is 19.1 Å². The highest BCUT2D eigenvalue weighted by atomic mass is 16.5. The summed E-state index contributed by atoms with van der Waals surface area (Å²) in [5.74, 6) is 0.453. The third-order valence-corrected chi connectivity index (χ3v) is 4.36. The zero-order valence-electron chi connectivity index (χ0n) is 12.4. The molecule has 4 heteroatoms. The molecule has 0 aromatic carbocycles. The van der Waals surface area contributed by atoms with Gasteiger partial charge in [0.15, 0.2) is 0 Å². The number of unbranched alkanes of at least 4 members (excludes halogenated alkanes) is 1. The zero-order valence-corrected chi connectivity index (χ0v) is 12.4. The van der Waals surface area contributed by atoms with Crippen LogP contribution in [0.15, 0.2) is 0 Å². The molecule has 0 saturated heterocycles. The summed E-state index contributed by atoms with van der Waals surface area (Å²) < 4.78 is 9.62. The summed E-state index contributed by atoms with van der Waals surface area (Å²) in [6.07, 6.45) is 6.92. The van der Waals surface area contributed by atoms with E-state index in [9.17, 15) is 9.59 Å². The molecule has 0 bridgehead atoms. The number of rotatable bonds is 6. The fourth-order valence-corrected chi connectivity index (χ4v) is 2.92. The van der Waals surface area contributed by atoms with Crippen LogP contribution in [0.1, 0.15) is 58.3 Å². The van der Waals surface area contributed by atoms with Gasteiger partial charge in [0.25, 0.3) is 0 Å². The van der Waals surface area contributed by atoms with E-state index in [1.165, 1.54) is 14.2 Å². The fourth-order valence-electron chi connectivity index (χ4n) is 2.92. The van der Waals surface area contributed by atoms with Crippen molar-refractivity contribution >= 4 is 11.9 Å². The topological polar surface area (TPSA) is 52.6 Å². The van der Waals surface area contributed by atoms with Crippen molar-refractivity contribution in [2.75, 3.05) is 14.2 Å². The molecule has 0 atom stereocenters. The van der Waals surface area contributed by atoms with Crippen LogP contribution < -0.4 is 0 Å². The molecule has 1 aliphatic carbocycles. The molecule has 0 N–H and O–H groups in total. The van der Waals surface area contributed by atoms with Gasteiger partial charge in [-0.3, -0.25) is 9.59 Å². The lowest BCUT2D eigenvalue weighted by atomic mass is 9.68. The van der Waals surface area contributed by atoms with Crippen LogP contribution in [0, 0.1) is 11.3 Å². The van der Waals surface area contributed by atoms with Crippen molar-refractivity contribution in [1.29, 1.82) is 0 Å². The third kappa shape index (κ3) is 4.51. The first-order valence-electron chi connectivity index (χ1n) is 7.19. The highest BCUT2D eigenvalue weighted by Gasteiger charge is 2.41. The quantitative estimate of drug-likeness (QED) is 0.550. The predicted octanol–water partition coefficient (Wildman–Crippen LogP) is 3.09. The lowest BCUT2D eigenvalue weighted by molar-refractivity contribution is -0.156. The highest BCUT2D eigenvalue weighted by molar-refractivity contribution is 5.76. The first kappa shape index (κ1) is 16.0. The molecule has 1 rings (SSSR count). The van der Waals surface area contributed by atoms with Crippen molar-refractivity contribution in [3.8, 4) is 0 Å². The van der Waals surface area contributed by atoms with Crippen molar-refractivity contribution in [2.45, 2.75) is 58.3 Å². The van der Waals surface area contributed by atoms with Gasteiger partial charge < -0.3 is 9.47 Å². The lowest BCUT2D eigenvalue weighted by Gasteiger charge is -2.37. The normalized spacial score (nSPS) is 26.8. The SMILES string of the molecule is COC(=O)CCCC[C@]1(C(=O)OC)CC[C@@H](C)CC1. The van der Waals surface area contributed by atoms with Gasteiger partial charge in [-0.15, -0.1) is 0 Å². The molecule has 0 aliphatic heterocycles. The number of carbonyl (C=O) groups is 2. The third-order valence-electron chi connectivity index (χ3n) is 4.36. The molecular formula is C15H26O4.